The van der Waals surface area contributed by atoms with Crippen molar-refractivity contribution in [2.24, 2.45) is 11.8 Å². The first kappa shape index (κ1) is 15.3. The number of hydrogen-bond donors (Lipinski definition) is 1. The lowest BCUT2D eigenvalue weighted by molar-refractivity contribution is 0.0269. The Morgan fingerprint density at radius 1 is 1.41 bits per heavy atom. The number of hydrogen-bond acceptors (Lipinski definition) is 4. The summed E-state index contributed by atoms with van der Waals surface area (Å²) in [5.41, 5.74) is 2.10. The Bertz CT molecular complexity index is 555. The molecule has 0 spiro atoms. The van der Waals surface area contributed by atoms with Gasteiger partial charge in [0.1, 0.15) is 5.60 Å². The molecular weight excluding hydrogens is 278 g/mol. The second kappa shape index (κ2) is 5.54. The second-order valence-corrected chi connectivity index (χ2v) is 7.42. The molecule has 1 aliphatic heterocycles. The minimum atomic E-state index is -0.417. The Hall–Kier alpha value is -1.62. The standard InChI is InChI=1S/C17H25N3O2/c1-11-5-6-18-7-12(11)8-19-15-13-9-20(10-14(13)15)16(21)22-17(2,3)4/h5-7,13-15,19H,8-10H2,1-4H3. The van der Waals surface area contributed by atoms with Gasteiger partial charge in [-0.05, 0) is 56.7 Å². The molecule has 5 heteroatoms. The van der Waals surface area contributed by atoms with Crippen LogP contribution in [-0.2, 0) is 11.3 Å². The predicted molar refractivity (Wildman–Crippen MR) is 84.4 cm³/mol. The molecule has 1 N–H and O–H groups in total. The van der Waals surface area contributed by atoms with Gasteiger partial charge in [0, 0.05) is 38.1 Å². The van der Waals surface area contributed by atoms with E-state index in [1.807, 2.05) is 44.1 Å². The molecule has 1 amide bonds. The van der Waals surface area contributed by atoms with Crippen molar-refractivity contribution >= 4 is 6.09 Å². The molecule has 2 unspecified atom stereocenters. The van der Waals surface area contributed by atoms with Crippen LogP contribution < -0.4 is 5.32 Å². The van der Waals surface area contributed by atoms with Crippen LogP contribution in [0.4, 0.5) is 4.79 Å². The Kier molecular flexibility index (Phi) is 3.85. The van der Waals surface area contributed by atoms with Crippen LogP contribution >= 0.6 is 0 Å². The number of carbonyl (C=O) groups excluding carboxylic acids is 1. The number of likely N-dealkylation sites (tertiary alicyclic amines) is 1. The normalized spacial score (nSPS) is 26.7. The van der Waals surface area contributed by atoms with E-state index in [1.54, 1.807) is 0 Å². The van der Waals surface area contributed by atoms with Crippen LogP contribution in [-0.4, -0.2) is 40.7 Å². The zero-order valence-electron chi connectivity index (χ0n) is 13.8. The monoisotopic (exact) mass is 303 g/mol. The lowest BCUT2D eigenvalue weighted by Gasteiger charge is -2.26. The number of aryl methyl sites for hydroxylation is 1. The Labute approximate surface area is 132 Å². The molecule has 3 rings (SSSR count). The summed E-state index contributed by atoms with van der Waals surface area (Å²) in [4.78, 5) is 18.1. The summed E-state index contributed by atoms with van der Waals surface area (Å²) in [6.45, 7) is 10.3. The summed E-state index contributed by atoms with van der Waals surface area (Å²) in [5, 5.41) is 3.60. The van der Waals surface area contributed by atoms with E-state index in [9.17, 15) is 4.79 Å². The van der Waals surface area contributed by atoms with Gasteiger partial charge < -0.3 is 15.0 Å². The highest BCUT2D eigenvalue weighted by atomic mass is 16.6. The quantitative estimate of drug-likeness (QED) is 0.931. The minimum absolute atomic E-state index is 0.179. The maximum Gasteiger partial charge on any atom is 0.410 e. The lowest BCUT2D eigenvalue weighted by atomic mass is 10.1. The number of rotatable bonds is 3. The van der Waals surface area contributed by atoms with E-state index in [4.69, 9.17) is 4.74 Å². The van der Waals surface area contributed by atoms with Gasteiger partial charge in [-0.1, -0.05) is 0 Å². The van der Waals surface area contributed by atoms with E-state index < -0.39 is 5.60 Å². The first-order chi connectivity index (χ1) is 10.3. The first-order valence-corrected chi connectivity index (χ1v) is 7.96. The van der Waals surface area contributed by atoms with E-state index >= 15 is 0 Å². The number of carbonyl (C=O) groups is 1. The maximum atomic E-state index is 12.0. The summed E-state index contributed by atoms with van der Waals surface area (Å²) in [6.07, 6.45) is 3.57. The molecule has 0 radical (unpaired) electrons. The molecule has 2 aliphatic rings. The van der Waals surface area contributed by atoms with Crippen molar-refractivity contribution in [3.63, 3.8) is 0 Å². The topological polar surface area (TPSA) is 54.5 Å². The molecule has 0 bridgehead atoms. The van der Waals surface area contributed by atoms with Gasteiger partial charge in [0.15, 0.2) is 0 Å². The summed E-state index contributed by atoms with van der Waals surface area (Å²) in [5.74, 6) is 1.15. The molecule has 5 nitrogen and oxygen atoms in total. The number of pyridine rings is 1. The molecule has 1 aliphatic carbocycles. The van der Waals surface area contributed by atoms with E-state index in [0.717, 1.165) is 19.6 Å². The largest absolute Gasteiger partial charge is 0.444 e. The van der Waals surface area contributed by atoms with Crippen molar-refractivity contribution in [2.75, 3.05) is 13.1 Å². The Morgan fingerprint density at radius 2 is 2.09 bits per heavy atom. The van der Waals surface area contributed by atoms with Crippen molar-refractivity contribution in [1.29, 1.82) is 0 Å². The summed E-state index contributed by atoms with van der Waals surface area (Å²) < 4.78 is 5.43. The zero-order valence-corrected chi connectivity index (χ0v) is 13.8. The van der Waals surface area contributed by atoms with Gasteiger partial charge in [-0.3, -0.25) is 4.98 Å². The number of aromatic nitrogens is 1. The fourth-order valence-electron chi connectivity index (χ4n) is 3.21. The minimum Gasteiger partial charge on any atom is -0.444 e. The average Bonchev–Trinajstić information content (AvgIpc) is 2.88. The zero-order chi connectivity index (χ0) is 15.9. The van der Waals surface area contributed by atoms with E-state index in [-0.39, 0.29) is 6.09 Å². The van der Waals surface area contributed by atoms with Gasteiger partial charge in [-0.25, -0.2) is 4.79 Å². The second-order valence-electron chi connectivity index (χ2n) is 7.42. The molecule has 2 atom stereocenters. The number of amides is 1. The fraction of sp³-hybridized carbons (Fsp3) is 0.647. The van der Waals surface area contributed by atoms with Crippen molar-refractivity contribution in [2.45, 2.75) is 45.9 Å². The van der Waals surface area contributed by atoms with Crippen molar-refractivity contribution in [3.8, 4) is 0 Å². The average molecular weight is 303 g/mol. The molecule has 1 saturated carbocycles. The lowest BCUT2D eigenvalue weighted by Crippen LogP contribution is -2.39. The highest BCUT2D eigenvalue weighted by molar-refractivity contribution is 5.69. The van der Waals surface area contributed by atoms with Crippen LogP contribution in [0.5, 0.6) is 0 Å². The van der Waals surface area contributed by atoms with Crippen LogP contribution in [0.15, 0.2) is 18.5 Å². The molecule has 1 aromatic heterocycles. The summed E-state index contributed by atoms with van der Waals surface area (Å²) in [6, 6.07) is 2.56. The van der Waals surface area contributed by atoms with Gasteiger partial charge in [0.05, 0.1) is 0 Å². The fourth-order valence-corrected chi connectivity index (χ4v) is 3.21. The summed E-state index contributed by atoms with van der Waals surface area (Å²) >= 11 is 0. The van der Waals surface area contributed by atoms with Crippen LogP contribution in [0.3, 0.4) is 0 Å². The van der Waals surface area contributed by atoms with Gasteiger partial charge >= 0.3 is 6.09 Å². The molecule has 2 heterocycles. The highest BCUT2D eigenvalue weighted by Crippen LogP contribution is 2.45. The third-order valence-corrected chi connectivity index (χ3v) is 4.52. The maximum absolute atomic E-state index is 12.0. The molecule has 120 valence electrons. The number of piperidine rings is 1. The Morgan fingerprint density at radius 3 is 2.68 bits per heavy atom. The van der Waals surface area contributed by atoms with Gasteiger partial charge in [-0.15, -0.1) is 0 Å². The smallest absolute Gasteiger partial charge is 0.410 e. The van der Waals surface area contributed by atoms with Crippen molar-refractivity contribution in [1.82, 2.24) is 15.2 Å². The molecule has 2 fully saturated rings. The van der Waals surface area contributed by atoms with Crippen LogP contribution in [0, 0.1) is 18.8 Å². The van der Waals surface area contributed by atoms with Crippen molar-refractivity contribution in [3.05, 3.63) is 29.6 Å². The van der Waals surface area contributed by atoms with Crippen LogP contribution in [0.1, 0.15) is 31.9 Å². The van der Waals surface area contributed by atoms with Gasteiger partial charge in [0.2, 0.25) is 0 Å². The molecular formula is C17H25N3O2. The number of nitrogens with one attached hydrogen (secondary N) is 1. The van der Waals surface area contributed by atoms with Crippen molar-refractivity contribution < 1.29 is 9.53 Å². The first-order valence-electron chi connectivity index (χ1n) is 7.96. The molecule has 22 heavy (non-hydrogen) atoms. The molecule has 1 saturated heterocycles. The SMILES string of the molecule is Cc1ccncc1CNC1C2CN(C(=O)OC(C)(C)C)CC21. The molecule has 0 aromatic carbocycles. The molecule has 1 aromatic rings. The van der Waals surface area contributed by atoms with Crippen LogP contribution in [0.2, 0.25) is 0 Å². The van der Waals surface area contributed by atoms with E-state index in [0.29, 0.717) is 17.9 Å². The highest BCUT2D eigenvalue weighted by Gasteiger charge is 2.56. The number of fused-ring (bicyclic) bond motifs is 1. The van der Waals surface area contributed by atoms with Crippen LogP contribution in [0.25, 0.3) is 0 Å². The Balaban J connectivity index is 1.45. The van der Waals surface area contributed by atoms with Gasteiger partial charge in [0.25, 0.3) is 0 Å². The predicted octanol–water partition coefficient (Wildman–Crippen LogP) is 2.34. The van der Waals surface area contributed by atoms with E-state index in [1.165, 1.54) is 11.1 Å². The van der Waals surface area contributed by atoms with Gasteiger partial charge in [-0.2, -0.15) is 0 Å². The number of nitrogens with zero attached hydrogens (tertiary/aromatic N) is 2. The van der Waals surface area contributed by atoms with E-state index in [2.05, 4.69) is 17.2 Å². The third-order valence-electron chi connectivity index (χ3n) is 4.52. The third kappa shape index (κ3) is 3.24. The summed E-state index contributed by atoms with van der Waals surface area (Å²) in [7, 11) is 0. The number of ether oxygens (including phenoxy) is 1.